The summed E-state index contributed by atoms with van der Waals surface area (Å²) in [5.74, 6) is -1.32. The van der Waals surface area contributed by atoms with E-state index in [4.69, 9.17) is 21.1 Å². The lowest BCUT2D eigenvalue weighted by atomic mass is 10.1. The second kappa shape index (κ2) is 9.50. The molecule has 0 saturated heterocycles. The first-order valence-corrected chi connectivity index (χ1v) is 10.6. The van der Waals surface area contributed by atoms with Crippen LogP contribution in [0.4, 0.5) is 14.7 Å². The van der Waals surface area contributed by atoms with Gasteiger partial charge in [0, 0.05) is 29.5 Å². The summed E-state index contributed by atoms with van der Waals surface area (Å²) in [6.07, 6.45) is 6.17. The summed E-state index contributed by atoms with van der Waals surface area (Å²) in [7, 11) is 0.541. The quantitative estimate of drug-likeness (QED) is 0.377. The Hall–Kier alpha value is -3.58. The zero-order valence-electron chi connectivity index (χ0n) is 17.0. The Morgan fingerprint density at radius 2 is 1.88 bits per heavy atom. The largest absolute Gasteiger partial charge is 0.478 e. The van der Waals surface area contributed by atoms with Crippen LogP contribution in [-0.2, 0) is 11.0 Å². The van der Waals surface area contributed by atoms with Crippen molar-refractivity contribution in [3.05, 3.63) is 41.9 Å². The van der Waals surface area contributed by atoms with Gasteiger partial charge in [0.25, 0.3) is 11.8 Å². The average molecular weight is 497 g/mol. The molecule has 3 aromatic heterocycles. The molecule has 33 heavy (non-hydrogen) atoms. The number of ether oxygens (including phenoxy) is 3. The van der Waals surface area contributed by atoms with Gasteiger partial charge in [-0.3, -0.25) is 14.7 Å². The number of benzene rings is 1. The number of aromatic nitrogens is 5. The van der Waals surface area contributed by atoms with Crippen molar-refractivity contribution in [2.75, 3.05) is 18.9 Å². The van der Waals surface area contributed by atoms with Crippen LogP contribution in [0.2, 0.25) is 5.02 Å². The lowest BCUT2D eigenvalue weighted by Crippen LogP contribution is -2.12. The molecule has 4 aromatic rings. The van der Waals surface area contributed by atoms with E-state index in [1.54, 1.807) is 18.3 Å². The van der Waals surface area contributed by atoms with Gasteiger partial charge in [-0.05, 0) is 6.07 Å². The number of fused-ring (bicyclic) bond motifs is 1. The molecule has 14 heteroatoms. The number of nitrogens with zero attached hydrogens (tertiary/aromatic N) is 4. The SMILES string of the molecule is COc1nc(NS(=O)c2c[nH]c3c(-c4cnccn4)c(Cl)ccc23)nc(OC)c1OC(F)F. The highest BCUT2D eigenvalue weighted by Crippen LogP contribution is 2.38. The fraction of sp³-hybridized carbons (Fsp3) is 0.158. The van der Waals surface area contributed by atoms with Gasteiger partial charge in [0.1, 0.15) is 0 Å². The summed E-state index contributed by atoms with van der Waals surface area (Å²) in [6, 6.07) is 3.35. The number of aromatic amines is 1. The van der Waals surface area contributed by atoms with E-state index in [-0.39, 0.29) is 17.7 Å². The second-order valence-corrected chi connectivity index (χ2v) is 7.82. The third-order valence-electron chi connectivity index (χ3n) is 4.37. The highest BCUT2D eigenvalue weighted by Gasteiger charge is 2.23. The van der Waals surface area contributed by atoms with Crippen molar-refractivity contribution >= 4 is 39.4 Å². The molecule has 0 aliphatic rings. The smallest absolute Gasteiger partial charge is 0.387 e. The van der Waals surface area contributed by atoms with E-state index in [0.717, 1.165) is 0 Å². The Balaban J connectivity index is 1.71. The standard InChI is InChI=1S/C19H15ClF2N6O4S/c1-30-16-15(32-18(21)22)17(31-2)27-19(26-16)28-33(29)12-8-25-14-9(12)3-4-10(20)13(14)11-7-23-5-6-24-11/h3-8,18,25H,1-2H3,(H,26,27,28). The molecule has 0 radical (unpaired) electrons. The van der Waals surface area contributed by atoms with E-state index in [1.165, 1.54) is 32.8 Å². The average Bonchev–Trinajstić information content (AvgIpc) is 3.24. The summed E-state index contributed by atoms with van der Waals surface area (Å²) in [5.41, 5.74) is 1.73. The highest BCUT2D eigenvalue weighted by molar-refractivity contribution is 7.86. The molecular formula is C19H15ClF2N6O4S. The lowest BCUT2D eigenvalue weighted by Gasteiger charge is -2.13. The molecule has 0 spiro atoms. The van der Waals surface area contributed by atoms with Crippen molar-refractivity contribution in [3.63, 3.8) is 0 Å². The predicted octanol–water partition coefficient (Wildman–Crippen LogP) is 3.82. The van der Waals surface area contributed by atoms with Gasteiger partial charge in [-0.1, -0.05) is 17.7 Å². The van der Waals surface area contributed by atoms with Gasteiger partial charge in [-0.25, -0.2) is 4.21 Å². The number of alkyl halides is 2. The van der Waals surface area contributed by atoms with Crippen molar-refractivity contribution in [2.24, 2.45) is 0 Å². The first-order chi connectivity index (χ1) is 15.9. The Labute approximate surface area is 192 Å². The molecule has 0 aliphatic carbocycles. The summed E-state index contributed by atoms with van der Waals surface area (Å²) < 4.78 is 55.5. The first kappa shape index (κ1) is 22.6. The molecule has 0 fully saturated rings. The van der Waals surface area contributed by atoms with Crippen LogP contribution < -0.4 is 18.9 Å². The molecule has 172 valence electrons. The molecule has 0 saturated carbocycles. The summed E-state index contributed by atoms with van der Waals surface area (Å²) in [4.78, 5) is 19.6. The molecule has 0 bridgehead atoms. The summed E-state index contributed by atoms with van der Waals surface area (Å²) in [5, 5.41) is 1.03. The van der Waals surface area contributed by atoms with E-state index in [0.29, 0.717) is 32.1 Å². The third-order valence-corrected chi connectivity index (χ3v) is 5.79. The Morgan fingerprint density at radius 3 is 2.48 bits per heavy atom. The zero-order chi connectivity index (χ0) is 23.5. The fourth-order valence-corrected chi connectivity index (χ4v) is 4.20. The van der Waals surface area contributed by atoms with Crippen molar-refractivity contribution in [1.29, 1.82) is 0 Å². The highest BCUT2D eigenvalue weighted by atomic mass is 35.5. The van der Waals surface area contributed by atoms with Gasteiger partial charge >= 0.3 is 6.61 Å². The van der Waals surface area contributed by atoms with Crippen LogP contribution in [0, 0.1) is 0 Å². The maximum absolute atomic E-state index is 13.1. The van der Waals surface area contributed by atoms with Crippen LogP contribution in [0.3, 0.4) is 0 Å². The number of halogens is 3. The topological polar surface area (TPSA) is 124 Å². The lowest BCUT2D eigenvalue weighted by molar-refractivity contribution is -0.0533. The van der Waals surface area contributed by atoms with Crippen LogP contribution in [-0.4, -0.2) is 50.0 Å². The van der Waals surface area contributed by atoms with Crippen molar-refractivity contribution < 1.29 is 27.2 Å². The molecule has 1 aromatic carbocycles. The molecule has 3 heterocycles. The number of rotatable bonds is 8. The van der Waals surface area contributed by atoms with Crippen LogP contribution in [0.5, 0.6) is 17.5 Å². The predicted molar refractivity (Wildman–Crippen MR) is 116 cm³/mol. The Morgan fingerprint density at radius 1 is 1.15 bits per heavy atom. The molecule has 0 aliphatic heterocycles. The van der Waals surface area contributed by atoms with Gasteiger partial charge in [0.15, 0.2) is 11.0 Å². The minimum Gasteiger partial charge on any atom is -0.478 e. The normalized spacial score (nSPS) is 12.1. The van der Waals surface area contributed by atoms with Gasteiger partial charge in [-0.2, -0.15) is 18.7 Å². The maximum Gasteiger partial charge on any atom is 0.387 e. The number of anilines is 1. The fourth-order valence-electron chi connectivity index (χ4n) is 3.04. The number of methoxy groups -OCH3 is 2. The van der Waals surface area contributed by atoms with Crippen LogP contribution >= 0.6 is 11.6 Å². The summed E-state index contributed by atoms with van der Waals surface area (Å²) >= 11 is 6.38. The van der Waals surface area contributed by atoms with Gasteiger partial charge in [0.2, 0.25) is 11.7 Å². The monoisotopic (exact) mass is 496 g/mol. The van der Waals surface area contributed by atoms with E-state index in [2.05, 4.69) is 34.4 Å². The van der Waals surface area contributed by atoms with E-state index < -0.39 is 23.3 Å². The minimum absolute atomic E-state index is 0.193. The van der Waals surface area contributed by atoms with Crippen molar-refractivity contribution in [3.8, 4) is 28.8 Å². The van der Waals surface area contributed by atoms with Crippen molar-refractivity contribution in [2.45, 2.75) is 11.5 Å². The molecule has 4 rings (SSSR count). The number of hydrogen-bond donors (Lipinski definition) is 2. The third kappa shape index (κ3) is 4.50. The molecular weight excluding hydrogens is 482 g/mol. The van der Waals surface area contributed by atoms with E-state index in [9.17, 15) is 13.0 Å². The second-order valence-electron chi connectivity index (χ2n) is 6.23. The molecule has 1 atom stereocenters. The van der Waals surface area contributed by atoms with Crippen LogP contribution in [0.15, 0.2) is 41.8 Å². The minimum atomic E-state index is -3.15. The van der Waals surface area contributed by atoms with E-state index >= 15 is 0 Å². The molecule has 2 N–H and O–H groups in total. The molecule has 1 unspecified atom stereocenters. The van der Waals surface area contributed by atoms with Crippen molar-refractivity contribution in [1.82, 2.24) is 24.9 Å². The molecule has 10 nitrogen and oxygen atoms in total. The number of H-pyrrole nitrogens is 1. The van der Waals surface area contributed by atoms with Gasteiger partial charge in [0.05, 0.1) is 41.5 Å². The van der Waals surface area contributed by atoms with Crippen LogP contribution in [0.1, 0.15) is 0 Å². The van der Waals surface area contributed by atoms with E-state index in [1.807, 2.05) is 0 Å². The zero-order valence-corrected chi connectivity index (χ0v) is 18.6. The first-order valence-electron chi connectivity index (χ1n) is 9.12. The number of hydrogen-bond acceptors (Lipinski definition) is 8. The van der Waals surface area contributed by atoms with Gasteiger partial charge in [-0.15, -0.1) is 0 Å². The Kier molecular flexibility index (Phi) is 6.51. The number of nitrogens with one attached hydrogen (secondary N) is 2. The van der Waals surface area contributed by atoms with Gasteiger partial charge < -0.3 is 19.2 Å². The van der Waals surface area contributed by atoms with Crippen LogP contribution in [0.25, 0.3) is 22.2 Å². The maximum atomic E-state index is 13.1. The molecule has 0 amide bonds. The summed E-state index contributed by atoms with van der Waals surface area (Å²) in [6.45, 7) is -3.15. The Bertz CT molecular complexity index is 1300.